The van der Waals surface area contributed by atoms with Crippen LogP contribution >= 0.6 is 0 Å². The molecule has 1 heterocycles. The van der Waals surface area contributed by atoms with Gasteiger partial charge in [0.2, 0.25) is 0 Å². The van der Waals surface area contributed by atoms with Crippen LogP contribution < -0.4 is 0 Å². The van der Waals surface area contributed by atoms with Gasteiger partial charge in [-0.2, -0.15) is 0 Å². The molecule has 1 fully saturated rings. The highest BCUT2D eigenvalue weighted by Gasteiger charge is 2.49. The molecule has 2 rings (SSSR count). The van der Waals surface area contributed by atoms with Crippen molar-refractivity contribution >= 4 is 8.32 Å². The van der Waals surface area contributed by atoms with Crippen LogP contribution in [0.1, 0.15) is 46.3 Å². The molecular weight excluding hydrogens is 320 g/mol. The first kappa shape index (κ1) is 19.6. The lowest BCUT2D eigenvalue weighted by atomic mass is 10.0. The summed E-state index contributed by atoms with van der Waals surface area (Å²) in [7, 11) is -2.03. The molecule has 1 aromatic rings. The molecule has 0 spiro atoms. The van der Waals surface area contributed by atoms with Crippen molar-refractivity contribution in [1.29, 1.82) is 0 Å². The third kappa shape index (κ3) is 4.27. The highest BCUT2D eigenvalue weighted by molar-refractivity contribution is 6.74. The second-order valence-corrected chi connectivity index (χ2v) is 13.3. The van der Waals surface area contributed by atoms with E-state index >= 15 is 0 Å². The second kappa shape index (κ2) is 6.88. The Balaban J connectivity index is 2.28. The van der Waals surface area contributed by atoms with E-state index in [4.69, 9.17) is 13.9 Å². The van der Waals surface area contributed by atoms with E-state index in [1.54, 1.807) is 0 Å². The molecule has 1 aliphatic heterocycles. The number of hydrogen-bond donors (Lipinski definition) is 1. The average molecular weight is 353 g/mol. The molecule has 24 heavy (non-hydrogen) atoms. The average Bonchev–Trinajstić information content (AvgIpc) is 2.80. The van der Waals surface area contributed by atoms with Crippen LogP contribution in [0.5, 0.6) is 0 Å². The first-order valence-corrected chi connectivity index (χ1v) is 11.6. The fourth-order valence-corrected chi connectivity index (χ4v) is 4.04. The summed E-state index contributed by atoms with van der Waals surface area (Å²) in [5.41, 5.74) is 1.05. The van der Waals surface area contributed by atoms with Crippen LogP contribution in [0.3, 0.4) is 0 Å². The van der Waals surface area contributed by atoms with E-state index in [2.05, 4.69) is 33.9 Å². The molecule has 3 atom stereocenters. The molecule has 0 amide bonds. The molecule has 0 aromatic heterocycles. The van der Waals surface area contributed by atoms with Gasteiger partial charge in [0.25, 0.3) is 0 Å². The summed E-state index contributed by atoms with van der Waals surface area (Å²) in [6, 6.07) is 10.0. The van der Waals surface area contributed by atoms with E-state index in [1.807, 2.05) is 44.2 Å². The molecule has 0 aliphatic carbocycles. The lowest BCUT2D eigenvalue weighted by Gasteiger charge is -2.40. The normalized spacial score (nSPS) is 25.7. The van der Waals surface area contributed by atoms with Crippen LogP contribution in [0.25, 0.3) is 0 Å². The summed E-state index contributed by atoms with van der Waals surface area (Å²) >= 11 is 0. The van der Waals surface area contributed by atoms with Gasteiger partial charge in [-0.1, -0.05) is 51.1 Å². The predicted octanol–water partition coefficient (Wildman–Crippen LogP) is 4.26. The number of hydrogen-bond acceptors (Lipinski definition) is 4. The number of rotatable bonds is 5. The lowest BCUT2D eigenvalue weighted by Crippen LogP contribution is -2.49. The second-order valence-electron chi connectivity index (χ2n) is 8.53. The quantitative estimate of drug-likeness (QED) is 0.804. The van der Waals surface area contributed by atoms with Gasteiger partial charge >= 0.3 is 0 Å². The number of ether oxygens (including phenoxy) is 2. The molecule has 136 valence electrons. The van der Waals surface area contributed by atoms with Gasteiger partial charge in [-0.05, 0) is 37.5 Å². The molecule has 0 bridgehead atoms. The summed E-state index contributed by atoms with van der Waals surface area (Å²) in [4.78, 5) is 0. The maximum atomic E-state index is 10.0. The summed E-state index contributed by atoms with van der Waals surface area (Å²) in [5, 5.41) is 10.1. The van der Waals surface area contributed by atoms with E-state index in [1.165, 1.54) is 0 Å². The Morgan fingerprint density at radius 1 is 1.17 bits per heavy atom. The Morgan fingerprint density at radius 3 is 2.25 bits per heavy atom. The van der Waals surface area contributed by atoms with E-state index in [-0.39, 0.29) is 23.9 Å². The molecule has 4 nitrogen and oxygen atoms in total. The van der Waals surface area contributed by atoms with Crippen molar-refractivity contribution < 1.29 is 19.0 Å². The predicted molar refractivity (Wildman–Crippen MR) is 98.4 cm³/mol. The van der Waals surface area contributed by atoms with Crippen molar-refractivity contribution in [2.24, 2.45) is 0 Å². The molecule has 1 N–H and O–H groups in total. The van der Waals surface area contributed by atoms with Gasteiger partial charge in [-0.3, -0.25) is 0 Å². The van der Waals surface area contributed by atoms with Gasteiger partial charge in [0.15, 0.2) is 14.1 Å². The third-order valence-electron chi connectivity index (χ3n) is 5.06. The van der Waals surface area contributed by atoms with Crippen LogP contribution in [0, 0.1) is 0 Å². The molecule has 1 aromatic carbocycles. The van der Waals surface area contributed by atoms with Crippen molar-refractivity contribution in [3.05, 3.63) is 35.9 Å². The van der Waals surface area contributed by atoms with Crippen LogP contribution in [-0.4, -0.2) is 38.0 Å². The Bertz CT molecular complexity index is 536. The highest BCUT2D eigenvalue weighted by Crippen LogP contribution is 2.43. The lowest BCUT2D eigenvalue weighted by molar-refractivity contribution is -0.156. The zero-order valence-electron chi connectivity index (χ0n) is 16.0. The van der Waals surface area contributed by atoms with E-state index < -0.39 is 20.2 Å². The summed E-state index contributed by atoms with van der Waals surface area (Å²) in [5.74, 6) is -0.699. The van der Waals surface area contributed by atoms with E-state index in [0.29, 0.717) is 0 Å². The molecule has 0 saturated carbocycles. The monoisotopic (exact) mass is 352 g/mol. The van der Waals surface area contributed by atoms with Gasteiger partial charge in [-0.15, -0.1) is 0 Å². The van der Waals surface area contributed by atoms with Crippen LogP contribution in [0.4, 0.5) is 0 Å². The molecule has 0 radical (unpaired) electrons. The molecule has 1 saturated heterocycles. The van der Waals surface area contributed by atoms with Crippen molar-refractivity contribution in [3.8, 4) is 0 Å². The van der Waals surface area contributed by atoms with Crippen LogP contribution in [0.2, 0.25) is 18.1 Å². The minimum Gasteiger partial charge on any atom is -0.409 e. The van der Waals surface area contributed by atoms with Gasteiger partial charge in [0, 0.05) is 0 Å². The maximum absolute atomic E-state index is 10.0. The Hall–Kier alpha value is -0.723. The number of benzene rings is 1. The van der Waals surface area contributed by atoms with Crippen molar-refractivity contribution in [1.82, 2.24) is 0 Å². The summed E-state index contributed by atoms with van der Waals surface area (Å²) in [6.07, 6.45) is -0.984. The highest BCUT2D eigenvalue weighted by atomic mass is 28.4. The zero-order valence-corrected chi connectivity index (χ0v) is 17.0. The number of aliphatic hydroxyl groups is 1. The first-order chi connectivity index (χ1) is 11.0. The summed E-state index contributed by atoms with van der Waals surface area (Å²) in [6.45, 7) is 14.7. The minimum absolute atomic E-state index is 0.0671. The van der Waals surface area contributed by atoms with Crippen LogP contribution in [0.15, 0.2) is 30.3 Å². The molecule has 1 aliphatic rings. The van der Waals surface area contributed by atoms with Gasteiger partial charge in [-0.25, -0.2) is 0 Å². The van der Waals surface area contributed by atoms with E-state index in [9.17, 15) is 5.11 Å². The molecule has 5 heteroatoms. The maximum Gasteiger partial charge on any atom is 0.192 e. The van der Waals surface area contributed by atoms with Crippen molar-refractivity contribution in [2.75, 3.05) is 6.61 Å². The van der Waals surface area contributed by atoms with Gasteiger partial charge in [0.1, 0.15) is 12.2 Å². The van der Waals surface area contributed by atoms with E-state index in [0.717, 1.165) is 5.56 Å². The Labute approximate surface area is 147 Å². The topological polar surface area (TPSA) is 47.9 Å². The van der Waals surface area contributed by atoms with Crippen molar-refractivity contribution in [3.63, 3.8) is 0 Å². The smallest absolute Gasteiger partial charge is 0.192 e. The van der Waals surface area contributed by atoms with Crippen molar-refractivity contribution in [2.45, 2.75) is 76.8 Å². The largest absolute Gasteiger partial charge is 0.409 e. The molecular formula is C19H32O4Si. The third-order valence-corrected chi connectivity index (χ3v) is 9.56. The number of aliphatic hydroxyl groups excluding tert-OH is 1. The summed E-state index contributed by atoms with van der Waals surface area (Å²) < 4.78 is 18.7. The Morgan fingerprint density at radius 2 is 1.75 bits per heavy atom. The standard InChI is InChI=1S/C19H32O4Si/c1-18(2,3)24(6,7)23-15(13-20)17-16(21-19(4,5)22-17)14-11-9-8-10-12-14/h8-12,15-17,20H,13H2,1-7H3/t15-,16+,17+/m1/s1. The fraction of sp³-hybridized carbons (Fsp3) is 0.684. The Kier molecular flexibility index (Phi) is 5.62. The van der Waals surface area contributed by atoms with Crippen LogP contribution in [-0.2, 0) is 13.9 Å². The first-order valence-electron chi connectivity index (χ1n) is 8.66. The molecule has 0 unspecified atom stereocenters. The SMILES string of the molecule is CC1(C)O[C@@H]([C@@H](CO)O[Si](C)(C)C(C)(C)C)[C@H](c2ccccc2)O1. The minimum atomic E-state index is -2.03. The fourth-order valence-electron chi connectivity index (χ4n) is 2.72. The van der Waals surface area contributed by atoms with Gasteiger partial charge < -0.3 is 19.0 Å². The van der Waals surface area contributed by atoms with Gasteiger partial charge in [0.05, 0.1) is 12.7 Å². The zero-order chi connectivity index (χ0) is 18.2.